The number of ether oxygens (including phenoxy) is 1. The second-order valence-corrected chi connectivity index (χ2v) is 8.24. The van der Waals surface area contributed by atoms with Gasteiger partial charge in [0, 0.05) is 24.4 Å². The Balaban J connectivity index is 1.58. The normalized spacial score (nSPS) is 15.9. The zero-order valence-electron chi connectivity index (χ0n) is 18.0. The molecule has 1 fully saturated rings. The quantitative estimate of drug-likeness (QED) is 0.497. The number of hydrogen-bond acceptors (Lipinski definition) is 5. The number of rotatable bonds is 5. The fourth-order valence-corrected chi connectivity index (χ4v) is 4.21. The molecular formula is C25H24N4O3. The van der Waals surface area contributed by atoms with E-state index in [-0.39, 0.29) is 11.7 Å². The van der Waals surface area contributed by atoms with E-state index in [0.29, 0.717) is 17.9 Å². The summed E-state index contributed by atoms with van der Waals surface area (Å²) >= 11 is 0. The first kappa shape index (κ1) is 20.2. The third kappa shape index (κ3) is 3.83. The van der Waals surface area contributed by atoms with Gasteiger partial charge in [-0.05, 0) is 57.1 Å². The van der Waals surface area contributed by atoms with E-state index in [9.17, 15) is 9.90 Å². The van der Waals surface area contributed by atoms with Crippen molar-refractivity contribution >= 4 is 17.1 Å². The lowest BCUT2D eigenvalue weighted by Crippen LogP contribution is -2.21. The monoisotopic (exact) mass is 428 g/mol. The van der Waals surface area contributed by atoms with E-state index in [1.54, 1.807) is 24.4 Å². The zero-order chi connectivity index (χ0) is 22.2. The molecule has 162 valence electrons. The van der Waals surface area contributed by atoms with Crippen molar-refractivity contribution < 1.29 is 14.6 Å². The van der Waals surface area contributed by atoms with E-state index in [0.717, 1.165) is 35.4 Å². The molecule has 1 saturated heterocycles. The first-order valence-electron chi connectivity index (χ1n) is 10.7. The largest absolute Gasteiger partial charge is 0.488 e. The van der Waals surface area contributed by atoms with Crippen LogP contribution in [0.3, 0.4) is 0 Å². The summed E-state index contributed by atoms with van der Waals surface area (Å²) in [6.45, 7) is 5.71. The topological polar surface area (TPSA) is 89.3 Å². The fraction of sp³-hybridized carbons (Fsp3) is 0.240. The van der Waals surface area contributed by atoms with Crippen LogP contribution in [0, 0.1) is 13.8 Å². The van der Waals surface area contributed by atoms with Gasteiger partial charge < -0.3 is 15.2 Å². The van der Waals surface area contributed by atoms with Crippen LogP contribution in [0.2, 0.25) is 0 Å². The summed E-state index contributed by atoms with van der Waals surface area (Å²) in [5.74, 6) is -0.643. The second kappa shape index (κ2) is 8.09. The molecule has 1 aliphatic rings. The SMILES string of the molecule is Cc1cc(C)cc(-c2cnc3ccn(-c4ccc(C(=O)O)c(OC5CCNC5)c4)c3n2)c1. The summed E-state index contributed by atoms with van der Waals surface area (Å²) < 4.78 is 7.96. The molecule has 7 nitrogen and oxygen atoms in total. The molecule has 1 aliphatic heterocycles. The molecule has 0 amide bonds. The summed E-state index contributed by atoms with van der Waals surface area (Å²) in [4.78, 5) is 21.2. The standard InChI is InChI=1S/C25H24N4O3/c1-15-9-16(2)11-17(10-15)22-14-27-21-6-8-29(24(21)28-22)18-3-4-20(25(30)31)23(12-18)32-19-5-7-26-13-19/h3-4,6,8-12,14,19,26H,5,7,13H2,1-2H3,(H,30,31). The summed E-state index contributed by atoms with van der Waals surface area (Å²) in [5, 5.41) is 12.9. The summed E-state index contributed by atoms with van der Waals surface area (Å²) in [6.07, 6.45) is 4.49. The van der Waals surface area contributed by atoms with Gasteiger partial charge in [0.05, 0.1) is 17.6 Å². The van der Waals surface area contributed by atoms with Crippen molar-refractivity contribution in [1.29, 1.82) is 0 Å². The van der Waals surface area contributed by atoms with Crippen LogP contribution in [0.4, 0.5) is 0 Å². The van der Waals surface area contributed by atoms with E-state index in [1.807, 2.05) is 16.8 Å². The van der Waals surface area contributed by atoms with Gasteiger partial charge in [-0.15, -0.1) is 0 Å². The smallest absolute Gasteiger partial charge is 0.339 e. The Hall–Kier alpha value is -3.71. The number of carboxylic acid groups (broad SMARTS) is 1. The first-order valence-corrected chi connectivity index (χ1v) is 10.7. The van der Waals surface area contributed by atoms with E-state index in [4.69, 9.17) is 9.72 Å². The highest BCUT2D eigenvalue weighted by Crippen LogP contribution is 2.28. The van der Waals surface area contributed by atoms with Gasteiger partial charge >= 0.3 is 5.97 Å². The number of aromatic nitrogens is 3. The van der Waals surface area contributed by atoms with Gasteiger partial charge in [-0.2, -0.15) is 0 Å². The van der Waals surface area contributed by atoms with E-state index >= 15 is 0 Å². The van der Waals surface area contributed by atoms with Crippen LogP contribution in [0.1, 0.15) is 27.9 Å². The van der Waals surface area contributed by atoms with Crippen LogP contribution in [-0.2, 0) is 0 Å². The lowest BCUT2D eigenvalue weighted by Gasteiger charge is -2.16. The molecule has 2 aromatic heterocycles. The molecule has 0 spiro atoms. The van der Waals surface area contributed by atoms with Gasteiger partial charge in [-0.3, -0.25) is 9.55 Å². The molecule has 0 aliphatic carbocycles. The molecule has 4 aromatic rings. The van der Waals surface area contributed by atoms with Crippen LogP contribution in [0.15, 0.2) is 54.9 Å². The Labute approximate surface area is 185 Å². The molecule has 7 heteroatoms. The van der Waals surface area contributed by atoms with Crippen LogP contribution in [0.25, 0.3) is 28.1 Å². The Morgan fingerprint density at radius 3 is 2.69 bits per heavy atom. The fourth-order valence-electron chi connectivity index (χ4n) is 4.21. The average molecular weight is 428 g/mol. The maximum Gasteiger partial charge on any atom is 0.339 e. The molecule has 0 saturated carbocycles. The maximum absolute atomic E-state index is 11.7. The molecule has 1 atom stereocenters. The lowest BCUT2D eigenvalue weighted by atomic mass is 10.1. The highest BCUT2D eigenvalue weighted by atomic mass is 16.5. The number of aromatic carboxylic acids is 1. The number of carbonyl (C=O) groups is 1. The van der Waals surface area contributed by atoms with Crippen LogP contribution in [0.5, 0.6) is 5.75 Å². The minimum Gasteiger partial charge on any atom is -0.488 e. The van der Waals surface area contributed by atoms with Crippen molar-refractivity contribution in [3.63, 3.8) is 0 Å². The summed E-state index contributed by atoms with van der Waals surface area (Å²) in [5.41, 5.74) is 6.55. The number of nitrogens with one attached hydrogen (secondary N) is 1. The van der Waals surface area contributed by atoms with Crippen molar-refractivity contribution in [3.05, 3.63) is 71.5 Å². The number of hydrogen-bond donors (Lipinski definition) is 2. The minimum atomic E-state index is -1.01. The zero-order valence-corrected chi connectivity index (χ0v) is 18.0. The van der Waals surface area contributed by atoms with E-state index in [2.05, 4.69) is 42.3 Å². The Morgan fingerprint density at radius 1 is 1.16 bits per heavy atom. The third-order valence-corrected chi connectivity index (χ3v) is 5.69. The van der Waals surface area contributed by atoms with Gasteiger partial charge in [-0.1, -0.05) is 17.2 Å². The summed E-state index contributed by atoms with van der Waals surface area (Å²) in [7, 11) is 0. The highest BCUT2D eigenvalue weighted by Gasteiger charge is 2.21. The molecule has 3 heterocycles. The van der Waals surface area contributed by atoms with Crippen molar-refractivity contribution in [2.75, 3.05) is 13.1 Å². The Kier molecular flexibility index (Phi) is 5.11. The highest BCUT2D eigenvalue weighted by molar-refractivity contribution is 5.91. The van der Waals surface area contributed by atoms with E-state index in [1.165, 1.54) is 11.1 Å². The molecule has 1 unspecified atom stereocenters. The number of aryl methyl sites for hydroxylation is 2. The minimum absolute atomic E-state index is 0.0410. The molecule has 2 aromatic carbocycles. The van der Waals surface area contributed by atoms with Crippen molar-refractivity contribution in [1.82, 2.24) is 19.9 Å². The molecule has 32 heavy (non-hydrogen) atoms. The van der Waals surface area contributed by atoms with Gasteiger partial charge in [0.2, 0.25) is 0 Å². The van der Waals surface area contributed by atoms with Gasteiger partial charge in [0.25, 0.3) is 0 Å². The van der Waals surface area contributed by atoms with Crippen molar-refractivity contribution in [2.45, 2.75) is 26.4 Å². The number of fused-ring (bicyclic) bond motifs is 1. The predicted molar refractivity (Wildman–Crippen MR) is 123 cm³/mol. The van der Waals surface area contributed by atoms with Crippen molar-refractivity contribution in [2.24, 2.45) is 0 Å². The average Bonchev–Trinajstić information content (AvgIpc) is 3.42. The Bertz CT molecular complexity index is 1300. The van der Waals surface area contributed by atoms with Gasteiger partial charge in [-0.25, -0.2) is 9.78 Å². The van der Waals surface area contributed by atoms with Crippen LogP contribution in [-0.4, -0.2) is 44.8 Å². The molecule has 5 rings (SSSR count). The lowest BCUT2D eigenvalue weighted by molar-refractivity contribution is 0.0690. The number of carboxylic acids is 1. The second-order valence-electron chi connectivity index (χ2n) is 8.24. The Morgan fingerprint density at radius 2 is 1.97 bits per heavy atom. The molecule has 0 radical (unpaired) electrons. The third-order valence-electron chi connectivity index (χ3n) is 5.69. The van der Waals surface area contributed by atoms with E-state index < -0.39 is 5.97 Å². The number of benzene rings is 2. The summed E-state index contributed by atoms with van der Waals surface area (Å²) in [6, 6.07) is 13.4. The van der Waals surface area contributed by atoms with Gasteiger partial charge in [0.15, 0.2) is 5.65 Å². The maximum atomic E-state index is 11.7. The van der Waals surface area contributed by atoms with Crippen molar-refractivity contribution in [3.8, 4) is 22.7 Å². The van der Waals surface area contributed by atoms with Crippen LogP contribution < -0.4 is 10.1 Å². The number of nitrogens with zero attached hydrogens (tertiary/aromatic N) is 3. The molecule has 2 N–H and O–H groups in total. The van der Waals surface area contributed by atoms with Gasteiger partial charge in [0.1, 0.15) is 22.9 Å². The molecular weight excluding hydrogens is 404 g/mol. The first-order chi connectivity index (χ1) is 15.5. The predicted octanol–water partition coefficient (Wildman–Crippen LogP) is 4.14. The van der Waals surface area contributed by atoms with Crippen LogP contribution >= 0.6 is 0 Å². The molecule has 0 bridgehead atoms.